The van der Waals surface area contributed by atoms with Gasteiger partial charge in [0.25, 0.3) is 0 Å². The molecule has 8 rings (SSSR count). The standard InChI is InChI=1S/C41H29N3O/c1-5-14-31(15-6-1)41-42-39-27-25-30-24-26-37(29-38(30)40(39)45-41)44(34-20-11-4-12-21-34)36-23-13-22-35(28-36)43(32-16-7-2-8-17-32)33-18-9-3-10-19-33/h1-29H. The lowest BCUT2D eigenvalue weighted by Crippen LogP contribution is -2.13. The Morgan fingerprint density at radius 1 is 0.400 bits per heavy atom. The van der Waals surface area contributed by atoms with E-state index in [-0.39, 0.29) is 0 Å². The Morgan fingerprint density at radius 2 is 0.867 bits per heavy atom. The van der Waals surface area contributed by atoms with E-state index >= 15 is 0 Å². The number of para-hydroxylation sites is 3. The summed E-state index contributed by atoms with van der Waals surface area (Å²) in [5.41, 5.74) is 8.99. The maximum Gasteiger partial charge on any atom is 0.227 e. The molecule has 0 aliphatic rings. The number of hydrogen-bond donors (Lipinski definition) is 0. The molecule has 214 valence electrons. The van der Waals surface area contributed by atoms with Crippen molar-refractivity contribution in [2.75, 3.05) is 9.80 Å². The van der Waals surface area contributed by atoms with Crippen LogP contribution in [0.4, 0.5) is 34.1 Å². The summed E-state index contributed by atoms with van der Waals surface area (Å²) in [5, 5.41) is 2.12. The minimum Gasteiger partial charge on any atom is -0.435 e. The highest BCUT2D eigenvalue weighted by atomic mass is 16.3. The quantitative estimate of drug-likeness (QED) is 0.188. The molecule has 1 aromatic heterocycles. The zero-order valence-corrected chi connectivity index (χ0v) is 24.5. The molecule has 7 aromatic carbocycles. The molecule has 0 amide bonds. The normalized spacial score (nSPS) is 11.1. The van der Waals surface area contributed by atoms with Gasteiger partial charge in [0.05, 0.1) is 0 Å². The van der Waals surface area contributed by atoms with Crippen LogP contribution in [0, 0.1) is 0 Å². The first-order valence-electron chi connectivity index (χ1n) is 15.1. The number of oxazole rings is 1. The molecular weight excluding hydrogens is 550 g/mol. The van der Waals surface area contributed by atoms with E-state index in [4.69, 9.17) is 9.40 Å². The largest absolute Gasteiger partial charge is 0.435 e. The SMILES string of the molecule is c1ccc(-c2nc3ccc4ccc(N(c5ccccc5)c5cccc(N(c6ccccc6)c6ccccc6)c5)cc4c3o2)cc1. The summed E-state index contributed by atoms with van der Waals surface area (Å²) in [4.78, 5) is 9.41. The maximum absolute atomic E-state index is 6.43. The smallest absolute Gasteiger partial charge is 0.227 e. The predicted octanol–water partition coefficient (Wildman–Crippen LogP) is 11.6. The molecule has 8 aromatic rings. The van der Waals surface area contributed by atoms with Crippen molar-refractivity contribution in [2.45, 2.75) is 0 Å². The van der Waals surface area contributed by atoms with E-state index in [1.54, 1.807) is 0 Å². The number of nitrogens with zero attached hydrogens (tertiary/aromatic N) is 3. The van der Waals surface area contributed by atoms with Crippen molar-refractivity contribution in [1.29, 1.82) is 0 Å². The summed E-state index contributed by atoms with van der Waals surface area (Å²) >= 11 is 0. The van der Waals surface area contributed by atoms with Crippen LogP contribution in [0.25, 0.3) is 33.3 Å². The summed E-state index contributed by atoms with van der Waals surface area (Å²) < 4.78 is 6.43. The molecule has 0 N–H and O–H groups in total. The maximum atomic E-state index is 6.43. The molecule has 0 radical (unpaired) electrons. The van der Waals surface area contributed by atoms with Crippen molar-refractivity contribution >= 4 is 56.0 Å². The third-order valence-corrected chi connectivity index (χ3v) is 8.02. The first kappa shape index (κ1) is 26.5. The monoisotopic (exact) mass is 579 g/mol. The van der Waals surface area contributed by atoms with Gasteiger partial charge < -0.3 is 14.2 Å². The van der Waals surface area contributed by atoms with Gasteiger partial charge in [-0.2, -0.15) is 0 Å². The Hall–Kier alpha value is -6.13. The van der Waals surface area contributed by atoms with Gasteiger partial charge in [-0.15, -0.1) is 0 Å². The number of fused-ring (bicyclic) bond motifs is 3. The third-order valence-electron chi connectivity index (χ3n) is 8.02. The van der Waals surface area contributed by atoms with Crippen LogP contribution in [-0.2, 0) is 0 Å². The van der Waals surface area contributed by atoms with Gasteiger partial charge in [-0.05, 0) is 90.3 Å². The van der Waals surface area contributed by atoms with E-state index in [2.05, 4.69) is 131 Å². The summed E-state index contributed by atoms with van der Waals surface area (Å²) in [6.45, 7) is 0. The Bertz CT molecular complexity index is 2170. The van der Waals surface area contributed by atoms with Crippen molar-refractivity contribution in [3.05, 3.63) is 176 Å². The van der Waals surface area contributed by atoms with Crippen LogP contribution in [-0.4, -0.2) is 4.98 Å². The molecule has 0 aliphatic carbocycles. The Morgan fingerprint density at radius 3 is 1.44 bits per heavy atom. The van der Waals surface area contributed by atoms with E-state index in [0.29, 0.717) is 5.89 Å². The van der Waals surface area contributed by atoms with E-state index in [9.17, 15) is 0 Å². The molecule has 0 aliphatic heterocycles. The van der Waals surface area contributed by atoms with Crippen LogP contribution < -0.4 is 9.80 Å². The van der Waals surface area contributed by atoms with Gasteiger partial charge in [-0.1, -0.05) is 91.0 Å². The van der Waals surface area contributed by atoms with Crippen molar-refractivity contribution in [3.8, 4) is 11.5 Å². The first-order chi connectivity index (χ1) is 22.3. The zero-order valence-electron chi connectivity index (χ0n) is 24.5. The fourth-order valence-corrected chi connectivity index (χ4v) is 5.93. The number of rotatable bonds is 7. The Kier molecular flexibility index (Phi) is 6.78. The molecular formula is C41H29N3O. The highest BCUT2D eigenvalue weighted by Gasteiger charge is 2.18. The number of aromatic nitrogens is 1. The Labute approximate surface area is 262 Å². The summed E-state index contributed by atoms with van der Waals surface area (Å²) in [6, 6.07) is 60.9. The minimum absolute atomic E-state index is 0.623. The fraction of sp³-hybridized carbons (Fsp3) is 0. The highest BCUT2D eigenvalue weighted by Crippen LogP contribution is 2.41. The number of hydrogen-bond acceptors (Lipinski definition) is 4. The second kappa shape index (κ2) is 11.5. The lowest BCUT2D eigenvalue weighted by molar-refractivity contribution is 0.623. The molecule has 0 spiro atoms. The van der Waals surface area contributed by atoms with E-state index < -0.39 is 0 Å². The van der Waals surface area contributed by atoms with Gasteiger partial charge in [0, 0.05) is 45.1 Å². The molecule has 4 heteroatoms. The lowest BCUT2D eigenvalue weighted by atomic mass is 10.1. The van der Waals surface area contributed by atoms with E-state index in [1.807, 2.05) is 54.6 Å². The molecule has 0 saturated carbocycles. The molecule has 0 saturated heterocycles. The molecule has 45 heavy (non-hydrogen) atoms. The van der Waals surface area contributed by atoms with Gasteiger partial charge in [0.1, 0.15) is 5.52 Å². The third kappa shape index (κ3) is 5.09. The van der Waals surface area contributed by atoms with Crippen molar-refractivity contribution < 1.29 is 4.42 Å². The van der Waals surface area contributed by atoms with Crippen LogP contribution in [0.2, 0.25) is 0 Å². The average molecular weight is 580 g/mol. The van der Waals surface area contributed by atoms with Gasteiger partial charge in [0.15, 0.2) is 5.58 Å². The predicted molar refractivity (Wildman–Crippen MR) is 186 cm³/mol. The molecule has 0 unspecified atom stereocenters. The van der Waals surface area contributed by atoms with Gasteiger partial charge in [-0.3, -0.25) is 0 Å². The first-order valence-corrected chi connectivity index (χ1v) is 15.1. The van der Waals surface area contributed by atoms with Crippen LogP contribution in [0.3, 0.4) is 0 Å². The van der Waals surface area contributed by atoms with Crippen molar-refractivity contribution in [3.63, 3.8) is 0 Å². The lowest BCUT2D eigenvalue weighted by Gasteiger charge is -2.29. The van der Waals surface area contributed by atoms with E-state index in [1.165, 1.54) is 0 Å². The van der Waals surface area contributed by atoms with Crippen LogP contribution in [0.15, 0.2) is 180 Å². The van der Waals surface area contributed by atoms with Crippen LogP contribution in [0.1, 0.15) is 0 Å². The number of benzene rings is 7. The van der Waals surface area contributed by atoms with Gasteiger partial charge in [0.2, 0.25) is 5.89 Å². The minimum atomic E-state index is 0.623. The van der Waals surface area contributed by atoms with Crippen LogP contribution >= 0.6 is 0 Å². The zero-order chi connectivity index (χ0) is 30.0. The summed E-state index contributed by atoms with van der Waals surface area (Å²) in [6.07, 6.45) is 0. The second-order valence-electron chi connectivity index (χ2n) is 10.9. The molecule has 0 bridgehead atoms. The van der Waals surface area contributed by atoms with Crippen LogP contribution in [0.5, 0.6) is 0 Å². The Balaban J connectivity index is 1.29. The van der Waals surface area contributed by atoms with Crippen molar-refractivity contribution in [1.82, 2.24) is 4.98 Å². The second-order valence-corrected chi connectivity index (χ2v) is 10.9. The fourth-order valence-electron chi connectivity index (χ4n) is 5.93. The van der Waals surface area contributed by atoms with Gasteiger partial charge >= 0.3 is 0 Å². The molecule has 0 fully saturated rings. The molecule has 4 nitrogen and oxygen atoms in total. The topological polar surface area (TPSA) is 32.5 Å². The molecule has 1 heterocycles. The van der Waals surface area contributed by atoms with Crippen molar-refractivity contribution in [2.24, 2.45) is 0 Å². The number of anilines is 6. The highest BCUT2D eigenvalue weighted by molar-refractivity contribution is 6.05. The summed E-state index contributed by atoms with van der Waals surface area (Å²) in [7, 11) is 0. The summed E-state index contributed by atoms with van der Waals surface area (Å²) in [5.74, 6) is 0.623. The van der Waals surface area contributed by atoms with E-state index in [0.717, 1.165) is 61.6 Å². The van der Waals surface area contributed by atoms with Gasteiger partial charge in [-0.25, -0.2) is 4.98 Å². The molecule has 0 atom stereocenters. The average Bonchev–Trinajstić information content (AvgIpc) is 3.56.